The predicted octanol–water partition coefficient (Wildman–Crippen LogP) is 21.0. The lowest BCUT2D eigenvalue weighted by Crippen LogP contribution is -2.45. The van der Waals surface area contributed by atoms with Crippen molar-refractivity contribution in [1.82, 2.24) is 5.32 Å². The number of allylic oxidation sites excluding steroid dienone is 3. The first kappa shape index (κ1) is 71.3. The van der Waals surface area contributed by atoms with Crippen LogP contribution in [0.15, 0.2) is 24.3 Å². The molecule has 0 aromatic rings. The highest BCUT2D eigenvalue weighted by molar-refractivity contribution is 5.76. The van der Waals surface area contributed by atoms with Crippen molar-refractivity contribution in [1.29, 1.82) is 0 Å². The molecule has 0 aromatic carbocycles. The summed E-state index contributed by atoms with van der Waals surface area (Å²) < 4.78 is 5.47. The van der Waals surface area contributed by atoms with Crippen molar-refractivity contribution in [2.75, 3.05) is 13.2 Å². The van der Waals surface area contributed by atoms with Gasteiger partial charge in [-0.15, -0.1) is 0 Å². The number of ether oxygens (including phenoxy) is 1. The Morgan fingerprint density at radius 3 is 0.973 bits per heavy atom. The highest BCUT2D eigenvalue weighted by atomic mass is 16.5. The molecular formula is C67H129NO5. The monoisotopic (exact) mass is 1030 g/mol. The Kier molecular flexibility index (Phi) is 61.4. The maximum atomic E-state index is 12.5. The fraction of sp³-hybridized carbons (Fsp3) is 0.910. The minimum Gasteiger partial charge on any atom is -0.466 e. The molecule has 0 rings (SSSR count). The van der Waals surface area contributed by atoms with Gasteiger partial charge in [-0.05, 0) is 57.8 Å². The third-order valence-corrected chi connectivity index (χ3v) is 15.5. The molecule has 0 bridgehead atoms. The van der Waals surface area contributed by atoms with Gasteiger partial charge in [-0.25, -0.2) is 0 Å². The first-order valence-electron chi connectivity index (χ1n) is 33.1. The third-order valence-electron chi connectivity index (χ3n) is 15.5. The van der Waals surface area contributed by atoms with E-state index in [4.69, 9.17) is 4.74 Å². The van der Waals surface area contributed by atoms with E-state index in [0.717, 1.165) is 38.5 Å². The zero-order valence-corrected chi connectivity index (χ0v) is 49.4. The molecule has 2 unspecified atom stereocenters. The molecule has 6 nitrogen and oxygen atoms in total. The Hall–Kier alpha value is -1.66. The Morgan fingerprint density at radius 1 is 0.370 bits per heavy atom. The average molecular weight is 1030 g/mol. The van der Waals surface area contributed by atoms with Gasteiger partial charge in [-0.1, -0.05) is 321 Å². The van der Waals surface area contributed by atoms with Crippen molar-refractivity contribution in [2.45, 2.75) is 379 Å². The number of carbonyl (C=O) groups excluding carboxylic acids is 2. The molecular weight excluding hydrogens is 899 g/mol. The number of aliphatic hydroxyl groups is 2. The SMILES string of the molecule is CCCCCCCCCCCCCCCCCCCC/C=C/C(O)C(CO)NC(=O)CCCCCCCCCCC/C=C\CCCCCCCCCCCCCCOC(=O)CCCCCCCCCCCCC. The number of rotatable bonds is 62. The first-order chi connectivity index (χ1) is 36.0. The molecule has 0 saturated carbocycles. The summed E-state index contributed by atoms with van der Waals surface area (Å²) in [4.78, 5) is 24.5. The topological polar surface area (TPSA) is 95.9 Å². The van der Waals surface area contributed by atoms with E-state index in [1.54, 1.807) is 6.08 Å². The third kappa shape index (κ3) is 59.4. The molecule has 6 heteroatoms. The fourth-order valence-corrected chi connectivity index (χ4v) is 10.4. The summed E-state index contributed by atoms with van der Waals surface area (Å²) in [7, 11) is 0. The van der Waals surface area contributed by atoms with Crippen LogP contribution in [0.2, 0.25) is 0 Å². The highest BCUT2D eigenvalue weighted by Gasteiger charge is 2.18. The highest BCUT2D eigenvalue weighted by Crippen LogP contribution is 2.18. The van der Waals surface area contributed by atoms with E-state index >= 15 is 0 Å². The van der Waals surface area contributed by atoms with Gasteiger partial charge in [0.25, 0.3) is 0 Å². The maximum Gasteiger partial charge on any atom is 0.305 e. The molecule has 0 aliphatic rings. The number of unbranched alkanes of at least 4 members (excludes halogenated alkanes) is 49. The van der Waals surface area contributed by atoms with E-state index in [1.165, 1.54) is 302 Å². The minimum absolute atomic E-state index is 0.0132. The smallest absolute Gasteiger partial charge is 0.305 e. The van der Waals surface area contributed by atoms with E-state index in [0.29, 0.717) is 19.4 Å². The van der Waals surface area contributed by atoms with Gasteiger partial charge in [0.15, 0.2) is 0 Å². The molecule has 432 valence electrons. The second-order valence-electron chi connectivity index (χ2n) is 22.8. The van der Waals surface area contributed by atoms with Crippen molar-refractivity contribution in [2.24, 2.45) is 0 Å². The minimum atomic E-state index is -0.847. The Labute approximate surface area is 456 Å². The van der Waals surface area contributed by atoms with Crippen LogP contribution < -0.4 is 5.32 Å². The molecule has 0 radical (unpaired) electrons. The van der Waals surface area contributed by atoms with Crippen LogP contribution in [0.25, 0.3) is 0 Å². The molecule has 3 N–H and O–H groups in total. The number of nitrogens with one attached hydrogen (secondary N) is 1. The molecule has 0 saturated heterocycles. The second-order valence-corrected chi connectivity index (χ2v) is 22.8. The van der Waals surface area contributed by atoms with Crippen LogP contribution >= 0.6 is 0 Å². The van der Waals surface area contributed by atoms with E-state index in [2.05, 4.69) is 31.3 Å². The summed E-state index contributed by atoms with van der Waals surface area (Å²) in [5, 5.41) is 23.2. The Morgan fingerprint density at radius 2 is 0.644 bits per heavy atom. The number of aliphatic hydroxyl groups excluding tert-OH is 2. The van der Waals surface area contributed by atoms with Crippen molar-refractivity contribution in [3.05, 3.63) is 24.3 Å². The molecule has 0 spiro atoms. The summed E-state index contributed by atoms with van der Waals surface area (Å²) in [6.07, 6.45) is 78.1. The van der Waals surface area contributed by atoms with Gasteiger partial charge >= 0.3 is 5.97 Å². The van der Waals surface area contributed by atoms with E-state index < -0.39 is 12.1 Å². The quantitative estimate of drug-likeness (QED) is 0.0320. The zero-order chi connectivity index (χ0) is 52.9. The molecule has 0 fully saturated rings. The van der Waals surface area contributed by atoms with E-state index in [9.17, 15) is 19.8 Å². The molecule has 0 heterocycles. The number of amides is 1. The standard InChI is InChI=1S/C67H129NO5/c1-3-5-7-9-11-13-15-16-17-18-19-27-30-33-36-40-43-47-51-55-59-65(70)64(63-69)68-66(71)60-56-52-48-44-41-37-34-31-28-25-23-21-20-22-24-26-29-32-35-38-42-46-50-54-58-62-73-67(72)61-57-53-49-45-39-14-12-10-8-6-4-2/h21,23,55,59,64-65,69-70H,3-20,22,24-54,56-58,60-63H2,1-2H3,(H,68,71)/b23-21-,59-55+. The lowest BCUT2D eigenvalue weighted by Gasteiger charge is -2.20. The van der Waals surface area contributed by atoms with Crippen LogP contribution in [0.1, 0.15) is 367 Å². The average Bonchev–Trinajstić information content (AvgIpc) is 3.39. The van der Waals surface area contributed by atoms with Gasteiger partial charge in [0.2, 0.25) is 5.91 Å². The summed E-state index contributed by atoms with van der Waals surface area (Å²) >= 11 is 0. The number of hydrogen-bond donors (Lipinski definition) is 3. The lowest BCUT2D eigenvalue weighted by molar-refractivity contribution is -0.143. The van der Waals surface area contributed by atoms with Crippen LogP contribution in [-0.4, -0.2) is 47.4 Å². The van der Waals surface area contributed by atoms with Gasteiger partial charge in [-0.3, -0.25) is 9.59 Å². The maximum absolute atomic E-state index is 12.5. The molecule has 1 amide bonds. The van der Waals surface area contributed by atoms with Gasteiger partial charge < -0.3 is 20.3 Å². The number of esters is 1. The summed E-state index contributed by atoms with van der Waals surface area (Å²) in [6, 6.07) is -0.630. The molecule has 2 atom stereocenters. The summed E-state index contributed by atoms with van der Waals surface area (Å²) in [5.74, 6) is -0.0545. The molecule has 0 aromatic heterocycles. The first-order valence-corrected chi connectivity index (χ1v) is 33.1. The second kappa shape index (κ2) is 62.9. The van der Waals surface area contributed by atoms with Crippen molar-refractivity contribution in [3.8, 4) is 0 Å². The fourth-order valence-electron chi connectivity index (χ4n) is 10.4. The van der Waals surface area contributed by atoms with Gasteiger partial charge in [0, 0.05) is 12.8 Å². The van der Waals surface area contributed by atoms with Crippen LogP contribution in [-0.2, 0) is 14.3 Å². The van der Waals surface area contributed by atoms with Crippen LogP contribution in [0.3, 0.4) is 0 Å². The van der Waals surface area contributed by atoms with Crippen LogP contribution in [0.5, 0.6) is 0 Å². The van der Waals surface area contributed by atoms with E-state index in [1.807, 2.05) is 6.08 Å². The van der Waals surface area contributed by atoms with Crippen LogP contribution in [0, 0.1) is 0 Å². The van der Waals surface area contributed by atoms with Crippen molar-refractivity contribution >= 4 is 11.9 Å². The normalized spacial score (nSPS) is 12.7. The van der Waals surface area contributed by atoms with Crippen LogP contribution in [0.4, 0.5) is 0 Å². The molecule has 0 aliphatic carbocycles. The number of carbonyl (C=O) groups is 2. The zero-order valence-electron chi connectivity index (χ0n) is 49.4. The van der Waals surface area contributed by atoms with Gasteiger partial charge in [-0.2, -0.15) is 0 Å². The molecule has 73 heavy (non-hydrogen) atoms. The predicted molar refractivity (Wildman–Crippen MR) is 320 cm³/mol. The van der Waals surface area contributed by atoms with Gasteiger partial charge in [0.05, 0.1) is 25.4 Å². The van der Waals surface area contributed by atoms with Crippen molar-refractivity contribution in [3.63, 3.8) is 0 Å². The largest absolute Gasteiger partial charge is 0.466 e. The number of hydrogen-bond acceptors (Lipinski definition) is 5. The molecule has 0 aliphatic heterocycles. The summed E-state index contributed by atoms with van der Waals surface area (Å²) in [6.45, 7) is 4.93. The lowest BCUT2D eigenvalue weighted by atomic mass is 10.0. The Bertz CT molecular complexity index is 1140. The Balaban J connectivity index is 3.43. The van der Waals surface area contributed by atoms with E-state index in [-0.39, 0.29) is 18.5 Å². The van der Waals surface area contributed by atoms with Crippen molar-refractivity contribution < 1.29 is 24.5 Å². The summed E-state index contributed by atoms with van der Waals surface area (Å²) in [5.41, 5.74) is 0. The van der Waals surface area contributed by atoms with Gasteiger partial charge in [0.1, 0.15) is 0 Å².